The Hall–Kier alpha value is -13.1. The number of furan rings is 2. The maximum absolute atomic E-state index is 6.93. The standard InChI is InChI=1S/2C46H25N3OS/c1-2-13-28-25-29(22-21-26(28)11-1)41-39-35-24-23-27-12-3-4-14-30(27)43(35)50-45(39)48-46(47-41)49-36-19-9-7-17-33(36)40-42(49)32-16-6-5-15-31(32)38-34-18-8-10-20-37(34)51-44(38)40;1-2-14-26(15-3-1)41-40-38-29-18-6-4-16-27(29)28-17-5-9-21-32(28)43(38)50-45(40)48-46(47-41)49-35-24-12-10-22-33(35)39-42(49)31-20-8-7-19-30(31)37-34-23-11-13-25-36(34)51-44(37)39/h2*1-25H. The molecule has 0 saturated carbocycles. The van der Waals surface area contributed by atoms with Crippen LogP contribution in [0, 0.1) is 0 Å². The van der Waals surface area contributed by atoms with E-state index in [0.29, 0.717) is 23.3 Å². The lowest BCUT2D eigenvalue weighted by Gasteiger charge is -2.12. The molecule has 0 aliphatic carbocycles. The van der Waals surface area contributed by atoms with Crippen molar-refractivity contribution in [2.24, 2.45) is 0 Å². The van der Waals surface area contributed by atoms with Crippen LogP contribution in [0.4, 0.5) is 0 Å². The van der Waals surface area contributed by atoms with Gasteiger partial charge < -0.3 is 8.83 Å². The first kappa shape index (κ1) is 55.8. The Labute approximate surface area is 587 Å². The summed E-state index contributed by atoms with van der Waals surface area (Å²) in [7, 11) is 0. The van der Waals surface area contributed by atoms with E-state index in [0.717, 1.165) is 110 Å². The molecule has 0 radical (unpaired) electrons. The highest BCUT2D eigenvalue weighted by Crippen LogP contribution is 2.52. The van der Waals surface area contributed by atoms with E-state index in [9.17, 15) is 0 Å². The first-order chi connectivity index (χ1) is 50.6. The molecular weight excluding hydrogens is 1290 g/mol. The zero-order valence-corrected chi connectivity index (χ0v) is 55.8. The van der Waals surface area contributed by atoms with Crippen molar-refractivity contribution in [2.75, 3.05) is 0 Å². The number of hydrogen-bond donors (Lipinski definition) is 0. The third-order valence-corrected chi connectivity index (χ3v) is 23.6. The lowest BCUT2D eigenvalue weighted by atomic mass is 9.96. The molecule has 0 aliphatic heterocycles. The van der Waals surface area contributed by atoms with Crippen molar-refractivity contribution in [3.05, 3.63) is 303 Å². The predicted molar refractivity (Wildman–Crippen MR) is 429 cm³/mol. The Bertz CT molecular complexity index is 7790. The van der Waals surface area contributed by atoms with Crippen LogP contribution in [-0.2, 0) is 0 Å². The summed E-state index contributed by atoms with van der Waals surface area (Å²) in [5, 5.41) is 27.8. The van der Waals surface area contributed by atoms with Crippen molar-refractivity contribution in [3.8, 4) is 34.4 Å². The minimum absolute atomic E-state index is 0.577. The van der Waals surface area contributed by atoms with Gasteiger partial charge in [-0.1, -0.05) is 267 Å². The highest BCUT2D eigenvalue weighted by molar-refractivity contribution is 7.27. The highest BCUT2D eigenvalue weighted by Gasteiger charge is 2.29. The molecule has 8 nitrogen and oxygen atoms in total. The molecule has 0 unspecified atom stereocenters. The van der Waals surface area contributed by atoms with Crippen LogP contribution >= 0.6 is 22.7 Å². The van der Waals surface area contributed by atoms with Crippen LogP contribution in [0.2, 0.25) is 0 Å². The van der Waals surface area contributed by atoms with E-state index in [1.807, 2.05) is 22.7 Å². The molecule has 24 rings (SSSR count). The lowest BCUT2D eigenvalue weighted by molar-refractivity contribution is 0.654. The van der Waals surface area contributed by atoms with E-state index < -0.39 is 0 Å². The Morgan fingerprint density at radius 1 is 0.245 bits per heavy atom. The van der Waals surface area contributed by atoms with Gasteiger partial charge in [0.15, 0.2) is 0 Å². The predicted octanol–water partition coefficient (Wildman–Crippen LogP) is 25.9. The fraction of sp³-hybridized carbons (Fsp3) is 0. The average molecular weight is 1340 g/mol. The van der Waals surface area contributed by atoms with E-state index >= 15 is 0 Å². The first-order valence-corrected chi connectivity index (χ1v) is 36.0. The summed E-state index contributed by atoms with van der Waals surface area (Å²) in [5.41, 5.74) is 10.9. The number of fused-ring (bicyclic) bond motifs is 34. The number of hydrogen-bond acceptors (Lipinski definition) is 8. The van der Waals surface area contributed by atoms with Crippen LogP contribution in [0.25, 0.3) is 227 Å². The second-order valence-electron chi connectivity index (χ2n) is 26.5. The summed E-state index contributed by atoms with van der Waals surface area (Å²) in [4.78, 5) is 21.8. The largest absolute Gasteiger partial charge is 0.437 e. The van der Waals surface area contributed by atoms with Crippen LogP contribution in [0.3, 0.4) is 0 Å². The molecule has 16 aromatic carbocycles. The molecule has 0 atom stereocenters. The fourth-order valence-corrected chi connectivity index (χ4v) is 19.4. The minimum Gasteiger partial charge on any atom is -0.437 e. The molecular formula is C92H50N6O2S2. The minimum atomic E-state index is 0.577. The summed E-state index contributed by atoms with van der Waals surface area (Å²) in [5.74, 6) is 1.18. The van der Waals surface area contributed by atoms with Gasteiger partial charge >= 0.3 is 0 Å². The van der Waals surface area contributed by atoms with Crippen molar-refractivity contribution < 1.29 is 8.83 Å². The number of aromatic nitrogens is 6. The van der Waals surface area contributed by atoms with Crippen LogP contribution in [0.15, 0.2) is 312 Å². The fourth-order valence-electron chi connectivity index (χ4n) is 16.9. The van der Waals surface area contributed by atoms with Crippen LogP contribution < -0.4 is 0 Å². The van der Waals surface area contributed by atoms with E-state index in [1.165, 1.54) is 94.2 Å². The molecule has 0 saturated heterocycles. The van der Waals surface area contributed by atoms with Crippen molar-refractivity contribution in [3.63, 3.8) is 0 Å². The summed E-state index contributed by atoms with van der Waals surface area (Å²) in [6.45, 7) is 0. The highest BCUT2D eigenvalue weighted by atomic mass is 32.1. The van der Waals surface area contributed by atoms with Crippen molar-refractivity contribution >= 4 is 215 Å². The second-order valence-corrected chi connectivity index (χ2v) is 28.6. The zero-order valence-electron chi connectivity index (χ0n) is 54.2. The van der Waals surface area contributed by atoms with Gasteiger partial charge in [0, 0.05) is 105 Å². The number of para-hydroxylation sites is 2. The molecule has 10 heteroatoms. The Morgan fingerprint density at radius 3 is 1.26 bits per heavy atom. The zero-order chi connectivity index (χ0) is 66.4. The van der Waals surface area contributed by atoms with Gasteiger partial charge in [0.05, 0.1) is 44.2 Å². The van der Waals surface area contributed by atoms with E-state index in [2.05, 4.69) is 312 Å². The molecule has 0 fully saturated rings. The smallest absolute Gasteiger partial charge is 0.238 e. The molecule has 0 amide bonds. The quantitative estimate of drug-likeness (QED) is 0.163. The molecule has 102 heavy (non-hydrogen) atoms. The van der Waals surface area contributed by atoms with Crippen LogP contribution in [-0.4, -0.2) is 29.1 Å². The van der Waals surface area contributed by atoms with Crippen LogP contribution in [0.5, 0.6) is 0 Å². The van der Waals surface area contributed by atoms with Gasteiger partial charge in [-0.2, -0.15) is 9.97 Å². The van der Waals surface area contributed by atoms with Gasteiger partial charge in [0.25, 0.3) is 0 Å². The second kappa shape index (κ2) is 21.2. The van der Waals surface area contributed by atoms with E-state index in [1.54, 1.807) is 0 Å². The van der Waals surface area contributed by atoms with Gasteiger partial charge in [-0.15, -0.1) is 22.7 Å². The van der Waals surface area contributed by atoms with Gasteiger partial charge in [0.2, 0.25) is 23.3 Å². The third kappa shape index (κ3) is 7.79. The molecule has 0 aliphatic rings. The van der Waals surface area contributed by atoms with Crippen molar-refractivity contribution in [2.45, 2.75) is 0 Å². The van der Waals surface area contributed by atoms with Gasteiger partial charge in [0.1, 0.15) is 11.2 Å². The molecule has 8 aromatic heterocycles. The molecule has 472 valence electrons. The maximum Gasteiger partial charge on any atom is 0.238 e. The molecule has 0 bridgehead atoms. The average Bonchev–Trinajstić information content (AvgIpc) is 1.55. The summed E-state index contributed by atoms with van der Waals surface area (Å²) in [6.07, 6.45) is 0. The van der Waals surface area contributed by atoms with E-state index in [4.69, 9.17) is 28.8 Å². The number of nitrogens with zero attached hydrogens (tertiary/aromatic N) is 6. The van der Waals surface area contributed by atoms with E-state index in [-0.39, 0.29) is 0 Å². The van der Waals surface area contributed by atoms with Crippen molar-refractivity contribution in [1.29, 1.82) is 0 Å². The third-order valence-electron chi connectivity index (χ3n) is 21.2. The lowest BCUT2D eigenvalue weighted by Crippen LogP contribution is -2.03. The Kier molecular flexibility index (Phi) is 11.6. The van der Waals surface area contributed by atoms with Crippen LogP contribution in [0.1, 0.15) is 0 Å². The Balaban J connectivity index is 0.000000126. The molecule has 0 spiro atoms. The summed E-state index contributed by atoms with van der Waals surface area (Å²) >= 11 is 3.73. The Morgan fingerprint density at radius 2 is 0.667 bits per heavy atom. The number of thiophene rings is 2. The first-order valence-electron chi connectivity index (χ1n) is 34.3. The summed E-state index contributed by atoms with van der Waals surface area (Å²) in [6, 6.07) is 108. The molecule has 0 N–H and O–H groups in total. The normalized spacial score (nSPS) is 12.3. The molecule has 24 aromatic rings. The SMILES string of the molecule is c1ccc(-c2nc(-n3c4ccccc4c4c5sc6ccccc6c5c5ccccc5c43)nc3oc4c5ccccc5c5ccccc5c4c23)cc1.c1ccc2cc(-c3nc(-n4c5ccccc5c5c6sc7ccccc7c6c6ccccc6c54)nc4oc5c6ccccc6ccc5c34)ccc2c1. The summed E-state index contributed by atoms with van der Waals surface area (Å²) < 4.78 is 23.4. The van der Waals surface area contributed by atoms with Gasteiger partial charge in [-0.25, -0.2) is 9.97 Å². The molecule has 8 heterocycles. The number of rotatable bonds is 4. The van der Waals surface area contributed by atoms with Gasteiger partial charge in [-0.05, 0) is 79.5 Å². The number of benzene rings is 16. The van der Waals surface area contributed by atoms with Gasteiger partial charge in [-0.3, -0.25) is 9.13 Å². The maximum atomic E-state index is 6.93. The van der Waals surface area contributed by atoms with Crippen molar-refractivity contribution in [1.82, 2.24) is 29.1 Å². The monoisotopic (exact) mass is 1330 g/mol. The topological polar surface area (TPSA) is 87.7 Å².